The summed E-state index contributed by atoms with van der Waals surface area (Å²) in [5.41, 5.74) is -0.599. The molecule has 0 aliphatic carbocycles. The monoisotopic (exact) mass is 900 g/mol. The molecule has 328 valence electrons. The van der Waals surface area contributed by atoms with Gasteiger partial charge in [0.25, 0.3) is 11.5 Å². The van der Waals surface area contributed by atoms with Gasteiger partial charge in [-0.1, -0.05) is 39.0 Å². The number of aromatic amines is 1. The third-order valence-electron chi connectivity index (χ3n) is 10.1. The molecule has 0 saturated carbocycles. The number of hydrogen-bond acceptors (Lipinski definition) is 17. The van der Waals surface area contributed by atoms with Crippen molar-refractivity contribution < 1.29 is 54.2 Å². The van der Waals surface area contributed by atoms with Crippen LogP contribution in [-0.2, 0) is 46.9 Å². The molecule has 3 saturated heterocycles. The number of H-pyrrole nitrogens is 1. The smallest absolute Gasteiger partial charge is 0.349 e. The molecule has 1 unspecified atom stereocenters. The minimum atomic E-state index is -4.84. The number of ether oxygens (including phenoxy) is 2. The number of carbonyl (C=O) groups is 2. The number of anilines is 2. The van der Waals surface area contributed by atoms with Crippen molar-refractivity contribution in [2.75, 3.05) is 36.9 Å². The van der Waals surface area contributed by atoms with Crippen LogP contribution in [0.5, 0.6) is 0 Å². The summed E-state index contributed by atoms with van der Waals surface area (Å²) in [5, 5.41) is 5.16. The highest BCUT2D eigenvalue weighted by Crippen LogP contribution is 2.55. The van der Waals surface area contributed by atoms with Gasteiger partial charge >= 0.3 is 18.1 Å². The highest BCUT2D eigenvalue weighted by Gasteiger charge is 2.54. The first-order valence-corrected chi connectivity index (χ1v) is 21.9. The normalized spacial score (nSPS) is 28.7. The van der Waals surface area contributed by atoms with Gasteiger partial charge in [0, 0.05) is 23.9 Å². The lowest BCUT2D eigenvalue weighted by Gasteiger charge is -2.26. The molecule has 62 heavy (non-hydrogen) atoms. The molecule has 4 N–H and O–H groups in total. The third-order valence-corrected chi connectivity index (χ3v) is 12.6. The minimum absolute atomic E-state index is 0.000165. The van der Waals surface area contributed by atoms with Gasteiger partial charge in [0.15, 0.2) is 46.8 Å². The Labute approximate surface area is 350 Å². The number of phosphoric ester groups is 1. The minimum Gasteiger partial charge on any atom is -0.349 e. The first-order chi connectivity index (χ1) is 29.6. The van der Waals surface area contributed by atoms with E-state index in [0.29, 0.717) is 5.56 Å². The van der Waals surface area contributed by atoms with E-state index < -0.39 is 110 Å². The Bertz CT molecular complexity index is 2770. The summed E-state index contributed by atoms with van der Waals surface area (Å²) in [7, 11) is -9.62. The molecule has 24 nitrogen and oxygen atoms in total. The van der Waals surface area contributed by atoms with Gasteiger partial charge in [-0.05, 0) is 12.1 Å². The van der Waals surface area contributed by atoms with Crippen LogP contribution in [-0.4, -0.2) is 116 Å². The number of benzene rings is 1. The van der Waals surface area contributed by atoms with E-state index >= 15 is 4.39 Å². The molecule has 8 rings (SSSR count). The first kappa shape index (κ1) is 43.0. The number of hydrogen-bond donors (Lipinski definition) is 4. The maximum atomic E-state index is 16.8. The Hall–Kier alpha value is -5.62. The van der Waals surface area contributed by atoms with Crippen molar-refractivity contribution in [1.82, 2.24) is 43.8 Å². The zero-order chi connectivity index (χ0) is 43.9. The quantitative estimate of drug-likeness (QED) is 0.0937. The average Bonchev–Trinajstić information content (AvgIpc) is 4.01. The number of carbonyl (C=O) groups excluding carboxylic acids is 2. The number of rotatable bonds is 9. The summed E-state index contributed by atoms with van der Waals surface area (Å²) in [4.78, 5) is 65.0. The molecular formula is C35H38FN12O12PS. The lowest BCUT2D eigenvalue weighted by Crippen LogP contribution is -2.42. The second-order valence-corrected chi connectivity index (χ2v) is 17.6. The Morgan fingerprint density at radius 3 is 2.50 bits per heavy atom. The van der Waals surface area contributed by atoms with E-state index in [1.54, 1.807) is 51.1 Å². The van der Waals surface area contributed by atoms with Crippen molar-refractivity contribution in [2.24, 2.45) is 11.8 Å². The molecule has 1 aromatic carbocycles. The van der Waals surface area contributed by atoms with E-state index in [2.05, 4.69) is 50.1 Å². The van der Waals surface area contributed by atoms with Crippen LogP contribution in [0.25, 0.3) is 27.2 Å². The van der Waals surface area contributed by atoms with Crippen LogP contribution < -0.4 is 20.9 Å². The van der Waals surface area contributed by atoms with Gasteiger partial charge in [-0.25, -0.2) is 39.6 Å². The Balaban J connectivity index is 1.10. The predicted molar refractivity (Wildman–Crippen MR) is 211 cm³/mol. The molecule has 3 aliphatic heterocycles. The van der Waals surface area contributed by atoms with Gasteiger partial charge in [0.1, 0.15) is 31.2 Å². The molecule has 3 aliphatic rings. The highest BCUT2D eigenvalue weighted by molar-refractivity contribution is 7.84. The number of halogens is 1. The summed E-state index contributed by atoms with van der Waals surface area (Å²) < 4.78 is 98.3. The van der Waals surface area contributed by atoms with Crippen LogP contribution in [0.15, 0.2) is 54.1 Å². The molecule has 9 atom stereocenters. The fraction of sp³-hybridized carbons (Fsp3) is 0.457. The second-order valence-electron chi connectivity index (χ2n) is 14.6. The second kappa shape index (κ2) is 17.3. The Morgan fingerprint density at radius 2 is 1.76 bits per heavy atom. The fourth-order valence-corrected chi connectivity index (χ4v) is 9.30. The van der Waals surface area contributed by atoms with Crippen LogP contribution in [0.1, 0.15) is 43.6 Å². The van der Waals surface area contributed by atoms with Crippen LogP contribution >= 0.6 is 7.82 Å². The van der Waals surface area contributed by atoms with Gasteiger partial charge in [0.2, 0.25) is 18.4 Å². The summed E-state index contributed by atoms with van der Waals surface area (Å²) >= 11 is 0. The third kappa shape index (κ3) is 8.58. The topological polar surface area (TPSA) is 288 Å². The summed E-state index contributed by atoms with van der Waals surface area (Å²) in [6.45, 7) is 9.96. The van der Waals surface area contributed by atoms with E-state index in [1.807, 2.05) is 0 Å². The van der Waals surface area contributed by atoms with Crippen LogP contribution in [0.2, 0.25) is 0 Å². The molecular weight excluding hydrogens is 862 g/mol. The number of nitrogens with one attached hydrogen (secondary N) is 4. The average molecular weight is 901 g/mol. The number of alkyl halides is 1. The largest absolute Gasteiger partial charge is 0.475 e. The predicted octanol–water partition coefficient (Wildman–Crippen LogP) is 2.25. The van der Waals surface area contributed by atoms with E-state index in [1.165, 1.54) is 21.8 Å². The van der Waals surface area contributed by atoms with Gasteiger partial charge < -0.3 is 19.6 Å². The fourth-order valence-electron chi connectivity index (χ4n) is 6.92. The van der Waals surface area contributed by atoms with Crippen molar-refractivity contribution in [2.45, 2.75) is 63.8 Å². The molecule has 3 fully saturated rings. The maximum absolute atomic E-state index is 16.8. The number of amides is 2. The molecule has 2 amide bonds. The number of imidazole rings is 2. The van der Waals surface area contributed by atoms with E-state index in [4.69, 9.17) is 33.8 Å². The van der Waals surface area contributed by atoms with Gasteiger partial charge in [-0.15, -0.1) is 0 Å². The van der Waals surface area contributed by atoms with Crippen molar-refractivity contribution in [3.05, 3.63) is 76.6 Å². The van der Waals surface area contributed by atoms with Crippen LogP contribution in [0.4, 0.5) is 16.2 Å². The number of phosphoric acid groups is 1. The Morgan fingerprint density at radius 1 is 1.03 bits per heavy atom. The molecule has 2 bridgehead atoms. The number of fused-ring (bicyclic) bond motifs is 5. The first-order valence-electron chi connectivity index (χ1n) is 19.0. The summed E-state index contributed by atoms with van der Waals surface area (Å²) in [6, 6.07) is 8.29. The molecule has 0 spiro atoms. The SMILES string of the molecule is [C-]#[N+]CCOP1(=O)OC[C@H]2O[C@@H](n3cnc4c(=O)[nH]c(NC(=O)C(C)C)nc43)[C@H](OS(=O)(=O)NC[C@H]3O[C@@H](n4cnc5c(NC(=O)c6ccccc6)ncnc54)[C@@H](F)[C@@H]3O1)[C@@H]2C. The highest BCUT2D eigenvalue weighted by atomic mass is 32.2. The Kier molecular flexibility index (Phi) is 12.0. The standard InChI is InChI=1S/C35H38FN12O12PS/c1-17(2)30(49)45-35-44-29-24(32(51)46-35)41-16-48(29)34-25-18(3)21(58-34)13-56-61(52,55-11-10-37-4)59-26-20(12-42-62(53,54)60-25)57-33(22(26)36)47-15-40-23-27(38-14-39-28(23)47)43-31(50)19-8-6-5-7-9-19/h5-9,14-18,20-22,25-26,33-34,42H,10-13H2,1-3H3,(H,38,39,43,50)(H2,44,45,46,49,51)/t18-,20-,21-,22+,25-,26-,33-,34-,61?/m1/s1. The molecule has 0 radical (unpaired) electrons. The molecule has 4 aromatic heterocycles. The van der Waals surface area contributed by atoms with Crippen LogP contribution in [0, 0.1) is 18.4 Å². The van der Waals surface area contributed by atoms with Crippen LogP contribution in [0.3, 0.4) is 0 Å². The molecule has 7 heterocycles. The van der Waals surface area contributed by atoms with E-state index in [-0.39, 0.29) is 40.6 Å². The van der Waals surface area contributed by atoms with Crippen molar-refractivity contribution in [1.29, 1.82) is 0 Å². The zero-order valence-electron chi connectivity index (χ0n) is 32.9. The summed E-state index contributed by atoms with van der Waals surface area (Å²) in [5.74, 6) is -2.50. The van der Waals surface area contributed by atoms with Crippen molar-refractivity contribution in [3.8, 4) is 0 Å². The lowest BCUT2D eigenvalue weighted by molar-refractivity contribution is -0.118. The van der Waals surface area contributed by atoms with Crippen molar-refractivity contribution in [3.63, 3.8) is 0 Å². The number of nitrogens with zero attached hydrogens (tertiary/aromatic N) is 8. The van der Waals surface area contributed by atoms with Gasteiger partial charge in [-0.2, -0.15) is 18.1 Å². The van der Waals surface area contributed by atoms with E-state index in [0.717, 1.165) is 6.33 Å². The lowest BCUT2D eigenvalue weighted by atomic mass is 10.0. The zero-order valence-corrected chi connectivity index (χ0v) is 34.6. The van der Waals surface area contributed by atoms with Crippen molar-refractivity contribution >= 4 is 64.0 Å². The number of aromatic nitrogens is 8. The van der Waals surface area contributed by atoms with Gasteiger partial charge in [-0.3, -0.25) is 47.4 Å². The van der Waals surface area contributed by atoms with E-state index in [9.17, 15) is 27.4 Å². The maximum Gasteiger partial charge on any atom is 0.475 e. The van der Waals surface area contributed by atoms with Gasteiger partial charge in [0.05, 0.1) is 25.4 Å². The summed E-state index contributed by atoms with van der Waals surface area (Å²) in [6.07, 6.45) is -7.67. The molecule has 27 heteroatoms. The molecule has 5 aromatic rings.